The summed E-state index contributed by atoms with van der Waals surface area (Å²) in [6.45, 7) is 4.52. The van der Waals surface area contributed by atoms with Crippen molar-refractivity contribution in [2.24, 2.45) is 7.05 Å². The standard InChI is InChI=1S/C15H23N5O5/c1-4-8-18-10-16-13-12(18)14(21)19(15(22)17(13)3)9-6-5-7-11(2)25-20(23)24/h10-11H,4-9H2,1-3H3. The Morgan fingerprint density at radius 1 is 1.32 bits per heavy atom. The van der Waals surface area contributed by atoms with Gasteiger partial charge in [0.05, 0.1) is 6.33 Å². The lowest BCUT2D eigenvalue weighted by Gasteiger charge is -2.11. The zero-order chi connectivity index (χ0) is 18.6. The summed E-state index contributed by atoms with van der Waals surface area (Å²) in [5, 5.41) is 9.45. The first-order chi connectivity index (χ1) is 11.9. The quantitative estimate of drug-likeness (QED) is 0.378. The van der Waals surface area contributed by atoms with Gasteiger partial charge in [0.25, 0.3) is 10.6 Å². The van der Waals surface area contributed by atoms with Gasteiger partial charge >= 0.3 is 5.69 Å². The molecule has 1 unspecified atom stereocenters. The SMILES string of the molecule is CCCn1cnc2c1c(=O)n(CCCCC(C)O[N+](=O)[O-])c(=O)n2C. The summed E-state index contributed by atoms with van der Waals surface area (Å²) < 4.78 is 4.34. The molecule has 0 aliphatic heterocycles. The van der Waals surface area contributed by atoms with Crippen molar-refractivity contribution in [3.8, 4) is 0 Å². The van der Waals surface area contributed by atoms with E-state index in [-0.39, 0.29) is 12.1 Å². The molecule has 2 heterocycles. The van der Waals surface area contributed by atoms with Crippen LogP contribution in [0.1, 0.15) is 39.5 Å². The molecule has 0 N–H and O–H groups in total. The molecular weight excluding hydrogens is 330 g/mol. The van der Waals surface area contributed by atoms with Crippen molar-refractivity contribution >= 4 is 11.2 Å². The average molecular weight is 353 g/mol. The maximum absolute atomic E-state index is 12.7. The molecule has 0 saturated heterocycles. The number of aromatic nitrogens is 4. The molecule has 138 valence electrons. The molecule has 2 aromatic heterocycles. The predicted molar refractivity (Wildman–Crippen MR) is 90.9 cm³/mol. The van der Waals surface area contributed by atoms with Crippen molar-refractivity contribution in [3.05, 3.63) is 37.3 Å². The molecule has 10 nitrogen and oxygen atoms in total. The van der Waals surface area contributed by atoms with Crippen LogP contribution in [0.4, 0.5) is 0 Å². The molecule has 0 fully saturated rings. The smallest absolute Gasteiger partial charge is 0.325 e. The average Bonchev–Trinajstić information content (AvgIpc) is 2.96. The highest BCUT2D eigenvalue weighted by Gasteiger charge is 2.16. The first-order valence-corrected chi connectivity index (χ1v) is 8.32. The summed E-state index contributed by atoms with van der Waals surface area (Å²) in [5.41, 5.74) is 0.0502. The van der Waals surface area contributed by atoms with Crippen LogP contribution in [0.25, 0.3) is 11.2 Å². The Kier molecular flexibility index (Phi) is 5.94. The van der Waals surface area contributed by atoms with Crippen molar-refractivity contribution in [3.63, 3.8) is 0 Å². The highest BCUT2D eigenvalue weighted by molar-refractivity contribution is 5.69. The lowest BCUT2D eigenvalue weighted by atomic mass is 10.2. The minimum Gasteiger partial charge on any atom is -0.325 e. The molecule has 0 aliphatic carbocycles. The van der Waals surface area contributed by atoms with Crippen LogP contribution in [-0.2, 0) is 25.0 Å². The second kappa shape index (κ2) is 7.95. The van der Waals surface area contributed by atoms with E-state index in [9.17, 15) is 19.7 Å². The van der Waals surface area contributed by atoms with Gasteiger partial charge in [-0.25, -0.2) is 9.78 Å². The maximum Gasteiger partial charge on any atom is 0.332 e. The molecule has 0 amide bonds. The molecule has 0 aromatic carbocycles. The second-order valence-electron chi connectivity index (χ2n) is 6.04. The van der Waals surface area contributed by atoms with Crippen LogP contribution in [0.2, 0.25) is 0 Å². The summed E-state index contributed by atoms with van der Waals surface area (Å²) in [7, 11) is 1.59. The van der Waals surface area contributed by atoms with E-state index in [4.69, 9.17) is 0 Å². The maximum atomic E-state index is 12.7. The largest absolute Gasteiger partial charge is 0.332 e. The van der Waals surface area contributed by atoms with Crippen LogP contribution in [0, 0.1) is 10.1 Å². The van der Waals surface area contributed by atoms with Crippen LogP contribution in [0.15, 0.2) is 15.9 Å². The topological polar surface area (TPSA) is 114 Å². The van der Waals surface area contributed by atoms with Crippen LogP contribution in [0.3, 0.4) is 0 Å². The van der Waals surface area contributed by atoms with E-state index in [0.717, 1.165) is 6.42 Å². The van der Waals surface area contributed by atoms with Gasteiger partial charge in [0.1, 0.15) is 6.10 Å². The van der Waals surface area contributed by atoms with Crippen LogP contribution >= 0.6 is 0 Å². The number of imidazole rings is 1. The Hall–Kier alpha value is -2.65. The highest BCUT2D eigenvalue weighted by atomic mass is 17.0. The monoisotopic (exact) mass is 353 g/mol. The van der Waals surface area contributed by atoms with Gasteiger partial charge in [-0.1, -0.05) is 6.92 Å². The molecule has 2 aromatic rings. The highest BCUT2D eigenvalue weighted by Crippen LogP contribution is 2.08. The van der Waals surface area contributed by atoms with Gasteiger partial charge in [0.15, 0.2) is 11.2 Å². The normalized spacial score (nSPS) is 12.4. The minimum absolute atomic E-state index is 0.254. The van der Waals surface area contributed by atoms with Gasteiger partial charge in [-0.2, -0.15) is 0 Å². The molecule has 10 heteroatoms. The van der Waals surface area contributed by atoms with Gasteiger partial charge in [0.2, 0.25) is 0 Å². The molecular formula is C15H23N5O5. The Morgan fingerprint density at radius 3 is 2.68 bits per heavy atom. The number of fused-ring (bicyclic) bond motifs is 1. The Bertz CT molecular complexity index is 866. The first-order valence-electron chi connectivity index (χ1n) is 8.32. The molecule has 0 aliphatic rings. The second-order valence-corrected chi connectivity index (χ2v) is 6.04. The molecule has 0 saturated carbocycles. The van der Waals surface area contributed by atoms with Crippen LogP contribution in [0.5, 0.6) is 0 Å². The molecule has 1 atom stereocenters. The van der Waals surface area contributed by atoms with Crippen molar-refractivity contribution in [1.29, 1.82) is 0 Å². The van der Waals surface area contributed by atoms with Gasteiger partial charge < -0.3 is 9.40 Å². The zero-order valence-corrected chi connectivity index (χ0v) is 14.7. The number of nitrogens with zero attached hydrogens (tertiary/aromatic N) is 5. The number of aryl methyl sites for hydroxylation is 2. The van der Waals surface area contributed by atoms with E-state index >= 15 is 0 Å². The van der Waals surface area contributed by atoms with Gasteiger partial charge in [-0.3, -0.25) is 13.9 Å². The molecule has 0 bridgehead atoms. The van der Waals surface area contributed by atoms with Crippen molar-refractivity contribution in [2.45, 2.75) is 58.7 Å². The fourth-order valence-corrected chi connectivity index (χ4v) is 2.83. The van der Waals surface area contributed by atoms with E-state index < -0.39 is 16.9 Å². The summed E-state index contributed by atoms with van der Waals surface area (Å²) in [6.07, 6.45) is 3.55. The molecule has 0 spiro atoms. The van der Waals surface area contributed by atoms with Gasteiger partial charge in [-0.05, 0) is 32.6 Å². The zero-order valence-electron chi connectivity index (χ0n) is 14.7. The summed E-state index contributed by atoms with van der Waals surface area (Å²) >= 11 is 0. The summed E-state index contributed by atoms with van der Waals surface area (Å²) in [4.78, 5) is 44.0. The van der Waals surface area contributed by atoms with Crippen LogP contribution < -0.4 is 11.2 Å². The number of unbranched alkanes of at least 4 members (excludes halogenated alkanes) is 1. The minimum atomic E-state index is -0.812. The fraction of sp³-hybridized carbons (Fsp3) is 0.667. The third-order valence-corrected chi connectivity index (χ3v) is 4.07. The number of rotatable bonds is 9. The van der Waals surface area contributed by atoms with Gasteiger partial charge in [-0.15, -0.1) is 10.1 Å². The lowest BCUT2D eigenvalue weighted by molar-refractivity contribution is -0.767. The third kappa shape index (κ3) is 4.06. The molecule has 2 rings (SSSR count). The number of hydrogen-bond acceptors (Lipinski definition) is 6. The first kappa shape index (κ1) is 18.7. The third-order valence-electron chi connectivity index (χ3n) is 4.07. The number of hydrogen-bond donors (Lipinski definition) is 0. The molecule has 25 heavy (non-hydrogen) atoms. The lowest BCUT2D eigenvalue weighted by Crippen LogP contribution is -2.39. The Labute approximate surface area is 143 Å². The van der Waals surface area contributed by atoms with E-state index in [2.05, 4.69) is 9.82 Å². The fourth-order valence-electron chi connectivity index (χ4n) is 2.83. The summed E-state index contributed by atoms with van der Waals surface area (Å²) in [6, 6.07) is 0. The van der Waals surface area contributed by atoms with Crippen LogP contribution in [-0.4, -0.2) is 29.9 Å². The van der Waals surface area contributed by atoms with Crippen molar-refractivity contribution in [2.75, 3.05) is 0 Å². The van der Waals surface area contributed by atoms with E-state index in [1.165, 1.54) is 9.13 Å². The van der Waals surface area contributed by atoms with E-state index in [1.807, 2.05) is 6.92 Å². The van der Waals surface area contributed by atoms with Crippen molar-refractivity contribution in [1.82, 2.24) is 18.7 Å². The van der Waals surface area contributed by atoms with Gasteiger partial charge in [0, 0.05) is 20.1 Å². The summed E-state index contributed by atoms with van der Waals surface area (Å²) in [5.74, 6) is 0. The Balaban J connectivity index is 2.18. The predicted octanol–water partition coefficient (Wildman–Crippen LogP) is 1.07. The van der Waals surface area contributed by atoms with E-state index in [0.29, 0.717) is 37.0 Å². The van der Waals surface area contributed by atoms with Crippen molar-refractivity contribution < 1.29 is 9.92 Å². The van der Waals surface area contributed by atoms with E-state index in [1.54, 1.807) is 24.9 Å². The molecule has 0 radical (unpaired) electrons. The Morgan fingerprint density at radius 2 is 2.04 bits per heavy atom.